The molecule has 1 aromatic rings. The van der Waals surface area contributed by atoms with Crippen LogP contribution in [0, 0.1) is 5.92 Å². The number of halogens is 1. The van der Waals surface area contributed by atoms with Crippen molar-refractivity contribution in [3.8, 4) is 0 Å². The van der Waals surface area contributed by atoms with E-state index in [4.69, 9.17) is 11.6 Å². The highest BCUT2D eigenvalue weighted by Crippen LogP contribution is 2.28. The van der Waals surface area contributed by atoms with E-state index in [2.05, 4.69) is 10.3 Å². The molecule has 6 heteroatoms. The lowest BCUT2D eigenvalue weighted by molar-refractivity contribution is -0.121. The molecule has 5 nitrogen and oxygen atoms in total. The van der Waals surface area contributed by atoms with Crippen LogP contribution in [-0.2, 0) is 17.6 Å². The Hall–Kier alpha value is -1.62. The van der Waals surface area contributed by atoms with Crippen LogP contribution in [0.5, 0.6) is 0 Å². The van der Waals surface area contributed by atoms with Gasteiger partial charge in [0.15, 0.2) is 0 Å². The summed E-state index contributed by atoms with van der Waals surface area (Å²) in [6, 6.07) is 2.37. The Morgan fingerprint density at radius 2 is 2.08 bits per heavy atom. The molecular formula is C20H26ClN3O2. The number of hydrogen-bond acceptors (Lipinski definition) is 3. The normalized spacial score (nSPS) is 22.2. The average molecular weight is 376 g/mol. The van der Waals surface area contributed by atoms with Gasteiger partial charge < -0.3 is 10.2 Å². The third-order valence-corrected chi connectivity index (χ3v) is 6.05. The lowest BCUT2D eigenvalue weighted by atomic mass is 9.92. The number of nitrogens with zero attached hydrogens (tertiary/aromatic N) is 2. The molecule has 2 aliphatic carbocycles. The van der Waals surface area contributed by atoms with Crippen LogP contribution in [-0.4, -0.2) is 40.8 Å². The molecule has 1 atom stereocenters. The van der Waals surface area contributed by atoms with Gasteiger partial charge in [-0.05, 0) is 68.9 Å². The molecule has 1 aliphatic heterocycles. The maximum atomic E-state index is 13.0. The second-order valence-electron chi connectivity index (χ2n) is 7.93. The zero-order chi connectivity index (χ0) is 18.1. The Balaban J connectivity index is 1.36. The number of carbonyl (C=O) groups excluding carboxylic acids is 2. The van der Waals surface area contributed by atoms with Gasteiger partial charge in [-0.3, -0.25) is 9.59 Å². The largest absolute Gasteiger partial charge is 0.353 e. The lowest BCUT2D eigenvalue weighted by Gasteiger charge is -2.33. The van der Waals surface area contributed by atoms with Crippen LogP contribution < -0.4 is 5.32 Å². The fourth-order valence-electron chi connectivity index (χ4n) is 4.12. The Bertz CT molecular complexity index is 717. The van der Waals surface area contributed by atoms with Crippen LogP contribution in [0.3, 0.4) is 0 Å². The molecule has 0 spiro atoms. The second-order valence-corrected chi connectivity index (χ2v) is 8.28. The molecule has 4 rings (SSSR count). The fraction of sp³-hybridized carbons (Fsp3) is 0.650. The van der Waals surface area contributed by atoms with Gasteiger partial charge >= 0.3 is 0 Å². The minimum atomic E-state index is -0.00988. The average Bonchev–Trinajstić information content (AvgIpc) is 3.34. The number of carbonyl (C=O) groups is 2. The van der Waals surface area contributed by atoms with Crippen molar-refractivity contribution >= 4 is 23.4 Å². The Labute approximate surface area is 159 Å². The van der Waals surface area contributed by atoms with E-state index in [9.17, 15) is 9.59 Å². The molecule has 1 N–H and O–H groups in total. The topological polar surface area (TPSA) is 62.3 Å². The van der Waals surface area contributed by atoms with Crippen LogP contribution in [0.25, 0.3) is 0 Å². The number of nitrogens with one attached hydrogen (secondary N) is 1. The number of pyridine rings is 1. The van der Waals surface area contributed by atoms with Crippen molar-refractivity contribution in [1.82, 2.24) is 15.2 Å². The summed E-state index contributed by atoms with van der Waals surface area (Å²) in [6.45, 7) is 1.47. The van der Waals surface area contributed by atoms with Gasteiger partial charge in [-0.25, -0.2) is 4.98 Å². The first-order valence-corrected chi connectivity index (χ1v) is 10.2. The van der Waals surface area contributed by atoms with Crippen molar-refractivity contribution in [3.63, 3.8) is 0 Å². The van der Waals surface area contributed by atoms with Crippen molar-refractivity contribution in [3.05, 3.63) is 28.0 Å². The third-order valence-electron chi connectivity index (χ3n) is 5.76. The predicted octanol–water partition coefficient (Wildman–Crippen LogP) is 3.13. The summed E-state index contributed by atoms with van der Waals surface area (Å²) in [5.74, 6) is 0.532. The first-order chi connectivity index (χ1) is 12.6. The minimum Gasteiger partial charge on any atom is -0.353 e. The molecule has 1 aromatic heterocycles. The number of likely N-dealkylation sites (tertiary alicyclic amines) is 1. The van der Waals surface area contributed by atoms with Gasteiger partial charge in [0.2, 0.25) is 5.91 Å². The van der Waals surface area contributed by atoms with E-state index in [1.54, 1.807) is 0 Å². The highest BCUT2D eigenvalue weighted by atomic mass is 35.5. The second kappa shape index (κ2) is 7.55. The van der Waals surface area contributed by atoms with Crippen LogP contribution in [0.2, 0.25) is 5.15 Å². The summed E-state index contributed by atoms with van der Waals surface area (Å²) in [5.41, 5.74) is 2.76. The predicted molar refractivity (Wildman–Crippen MR) is 100 cm³/mol. The fourth-order valence-corrected chi connectivity index (χ4v) is 4.35. The highest BCUT2D eigenvalue weighted by Gasteiger charge is 2.28. The monoisotopic (exact) mass is 375 g/mol. The molecule has 0 radical (unpaired) electrons. The smallest absolute Gasteiger partial charge is 0.257 e. The molecule has 1 saturated heterocycles. The van der Waals surface area contributed by atoms with Crippen molar-refractivity contribution in [1.29, 1.82) is 0 Å². The number of aryl methyl sites for hydroxylation is 2. The van der Waals surface area contributed by atoms with Crippen molar-refractivity contribution in [2.75, 3.05) is 13.1 Å². The summed E-state index contributed by atoms with van der Waals surface area (Å²) in [7, 11) is 0. The Kier molecular flexibility index (Phi) is 5.16. The molecule has 3 aliphatic rings. The van der Waals surface area contributed by atoms with Crippen LogP contribution in [0.1, 0.15) is 66.6 Å². The van der Waals surface area contributed by atoms with Gasteiger partial charge in [-0.1, -0.05) is 11.6 Å². The Morgan fingerprint density at radius 3 is 2.88 bits per heavy atom. The van der Waals surface area contributed by atoms with Crippen LogP contribution >= 0.6 is 11.6 Å². The molecular weight excluding hydrogens is 350 g/mol. The number of fused-ring (bicyclic) bond motifs is 1. The summed E-state index contributed by atoms with van der Waals surface area (Å²) in [6.07, 6.45) is 8.73. The maximum absolute atomic E-state index is 13.0. The van der Waals surface area contributed by atoms with E-state index >= 15 is 0 Å². The van der Waals surface area contributed by atoms with Crippen molar-refractivity contribution < 1.29 is 9.59 Å². The quantitative estimate of drug-likeness (QED) is 0.804. The van der Waals surface area contributed by atoms with Crippen molar-refractivity contribution in [2.24, 2.45) is 5.92 Å². The van der Waals surface area contributed by atoms with Gasteiger partial charge in [0.05, 0.1) is 5.56 Å². The number of piperidine rings is 1. The van der Waals surface area contributed by atoms with E-state index in [1.807, 2.05) is 11.0 Å². The number of amides is 2. The van der Waals surface area contributed by atoms with Gasteiger partial charge in [0.25, 0.3) is 5.91 Å². The summed E-state index contributed by atoms with van der Waals surface area (Å²) >= 11 is 6.30. The first kappa shape index (κ1) is 17.8. The van der Waals surface area contributed by atoms with Crippen LogP contribution in [0.15, 0.2) is 6.07 Å². The molecule has 0 bridgehead atoms. The molecule has 0 aromatic carbocycles. The SMILES string of the molecule is O=C(CCC1CCCN(C(=O)c2cc3c(nc2Cl)CCC3)C1)NC1CC1. The van der Waals surface area contributed by atoms with Gasteiger partial charge in [-0.15, -0.1) is 0 Å². The number of hydrogen-bond donors (Lipinski definition) is 1. The zero-order valence-electron chi connectivity index (χ0n) is 15.1. The summed E-state index contributed by atoms with van der Waals surface area (Å²) in [5, 5.41) is 3.37. The standard InChI is InChI=1S/C20H26ClN3O2/c21-19-16(11-14-4-1-5-17(14)23-19)20(26)24-10-2-3-13(12-24)6-9-18(25)22-15-7-8-15/h11,13,15H,1-10,12H2,(H,22,25). The van der Waals surface area contributed by atoms with E-state index in [0.717, 1.165) is 63.6 Å². The zero-order valence-corrected chi connectivity index (χ0v) is 15.9. The van der Waals surface area contributed by atoms with Crippen LogP contribution in [0.4, 0.5) is 0 Å². The maximum Gasteiger partial charge on any atom is 0.257 e. The molecule has 140 valence electrons. The first-order valence-electron chi connectivity index (χ1n) is 9.87. The highest BCUT2D eigenvalue weighted by molar-refractivity contribution is 6.32. The molecule has 1 unspecified atom stereocenters. The molecule has 26 heavy (non-hydrogen) atoms. The summed E-state index contributed by atoms with van der Waals surface area (Å²) in [4.78, 5) is 31.2. The van der Waals surface area contributed by atoms with Gasteiger partial charge in [0.1, 0.15) is 5.15 Å². The van der Waals surface area contributed by atoms with Gasteiger partial charge in [-0.2, -0.15) is 0 Å². The molecule has 1 saturated carbocycles. The lowest BCUT2D eigenvalue weighted by Crippen LogP contribution is -2.40. The number of aromatic nitrogens is 1. The molecule has 2 fully saturated rings. The van der Waals surface area contributed by atoms with E-state index < -0.39 is 0 Å². The van der Waals surface area contributed by atoms with E-state index in [0.29, 0.717) is 35.6 Å². The van der Waals surface area contributed by atoms with E-state index in [-0.39, 0.29) is 11.8 Å². The molecule has 2 heterocycles. The van der Waals surface area contributed by atoms with E-state index in [1.165, 1.54) is 5.56 Å². The Morgan fingerprint density at radius 1 is 1.23 bits per heavy atom. The van der Waals surface area contributed by atoms with Gasteiger partial charge in [0, 0.05) is 31.2 Å². The van der Waals surface area contributed by atoms with Crippen molar-refractivity contribution in [2.45, 2.75) is 63.8 Å². The summed E-state index contributed by atoms with van der Waals surface area (Å²) < 4.78 is 0. The minimum absolute atomic E-state index is 0.00988. The number of rotatable bonds is 5. The third kappa shape index (κ3) is 4.03. The molecule has 2 amide bonds.